The van der Waals surface area contributed by atoms with Gasteiger partial charge in [-0.3, -0.25) is 0 Å². The summed E-state index contributed by atoms with van der Waals surface area (Å²) in [6.07, 6.45) is 0. The zero-order valence-electron chi connectivity index (χ0n) is 13.0. The molecule has 0 radical (unpaired) electrons. The molecule has 0 saturated heterocycles. The molecule has 2 aromatic carbocycles. The van der Waals surface area contributed by atoms with Gasteiger partial charge in [0.25, 0.3) is 10.0 Å². The number of aromatic nitrogens is 1. The van der Waals surface area contributed by atoms with Gasteiger partial charge in [-0.1, -0.05) is 35.4 Å². The van der Waals surface area contributed by atoms with Crippen molar-refractivity contribution in [2.45, 2.75) is 11.8 Å². The van der Waals surface area contributed by atoms with Crippen LogP contribution in [0.3, 0.4) is 0 Å². The minimum absolute atomic E-state index is 0.0794. The topological polar surface area (TPSA) is 65.4 Å². The summed E-state index contributed by atoms with van der Waals surface area (Å²) in [5.74, 6) is -0.752. The van der Waals surface area contributed by atoms with E-state index >= 15 is 0 Å². The first-order valence-corrected chi connectivity index (χ1v) is 8.88. The molecule has 3 aromatic rings. The molecular formula is C17H14ClNO4S. The maximum absolute atomic E-state index is 13.1. The summed E-state index contributed by atoms with van der Waals surface area (Å²) in [5.41, 5.74) is 1.16. The molecule has 1 heterocycles. The molecule has 24 heavy (non-hydrogen) atoms. The summed E-state index contributed by atoms with van der Waals surface area (Å²) in [4.78, 5) is 12.2. The monoisotopic (exact) mass is 363 g/mol. The Balaban J connectivity index is 2.37. The Morgan fingerprint density at radius 3 is 2.42 bits per heavy atom. The quantitative estimate of drug-likeness (QED) is 0.666. The average molecular weight is 364 g/mol. The van der Waals surface area contributed by atoms with E-state index in [0.29, 0.717) is 15.9 Å². The van der Waals surface area contributed by atoms with E-state index in [1.165, 1.54) is 25.3 Å². The van der Waals surface area contributed by atoms with Gasteiger partial charge in [-0.15, -0.1) is 0 Å². The Morgan fingerprint density at radius 2 is 1.79 bits per heavy atom. The van der Waals surface area contributed by atoms with Gasteiger partial charge >= 0.3 is 5.97 Å². The number of benzene rings is 2. The van der Waals surface area contributed by atoms with Crippen LogP contribution in [0.5, 0.6) is 0 Å². The van der Waals surface area contributed by atoms with Gasteiger partial charge in [0.05, 0.1) is 22.5 Å². The highest BCUT2D eigenvalue weighted by Crippen LogP contribution is 2.30. The highest BCUT2D eigenvalue weighted by atomic mass is 35.5. The van der Waals surface area contributed by atoms with Gasteiger partial charge < -0.3 is 4.74 Å². The van der Waals surface area contributed by atoms with Gasteiger partial charge in [0.1, 0.15) is 5.69 Å². The average Bonchev–Trinajstić information content (AvgIpc) is 2.96. The van der Waals surface area contributed by atoms with E-state index in [0.717, 1.165) is 9.54 Å². The Hall–Kier alpha value is -2.31. The van der Waals surface area contributed by atoms with E-state index in [-0.39, 0.29) is 10.6 Å². The van der Waals surface area contributed by atoms with Crippen LogP contribution in [0.4, 0.5) is 0 Å². The first-order valence-electron chi connectivity index (χ1n) is 7.07. The highest BCUT2D eigenvalue weighted by Gasteiger charge is 2.27. The zero-order chi connectivity index (χ0) is 17.5. The van der Waals surface area contributed by atoms with Gasteiger partial charge in [-0.2, -0.15) is 0 Å². The summed E-state index contributed by atoms with van der Waals surface area (Å²) < 4.78 is 31.9. The molecule has 0 N–H and O–H groups in total. The van der Waals surface area contributed by atoms with E-state index in [1.54, 1.807) is 30.3 Å². The smallest absolute Gasteiger partial charge is 0.355 e. The number of halogens is 1. The highest BCUT2D eigenvalue weighted by molar-refractivity contribution is 7.90. The third-order valence-electron chi connectivity index (χ3n) is 3.70. The van der Waals surface area contributed by atoms with Gasteiger partial charge in [0.2, 0.25) is 0 Å². The second kappa shape index (κ2) is 5.96. The number of rotatable bonds is 3. The van der Waals surface area contributed by atoms with Crippen molar-refractivity contribution in [3.63, 3.8) is 0 Å². The second-order valence-electron chi connectivity index (χ2n) is 5.28. The summed E-state index contributed by atoms with van der Waals surface area (Å²) in [5, 5.41) is 0.825. The van der Waals surface area contributed by atoms with Crippen LogP contribution in [-0.2, 0) is 14.8 Å². The fourth-order valence-electron chi connectivity index (χ4n) is 2.49. The summed E-state index contributed by atoms with van der Waals surface area (Å²) in [7, 11) is -2.79. The Labute approximate surface area is 144 Å². The SMILES string of the molecule is COC(=O)c1cc2c(Cl)cccc2n1S(=O)(=O)c1ccc(C)cc1. The fraction of sp³-hybridized carbons (Fsp3) is 0.118. The number of methoxy groups -OCH3 is 1. The normalized spacial score (nSPS) is 11.6. The van der Waals surface area contributed by atoms with Crippen molar-refractivity contribution in [3.05, 3.63) is 64.8 Å². The van der Waals surface area contributed by atoms with Crippen LogP contribution in [0.1, 0.15) is 16.1 Å². The van der Waals surface area contributed by atoms with E-state index in [4.69, 9.17) is 16.3 Å². The van der Waals surface area contributed by atoms with Crippen LogP contribution in [0.25, 0.3) is 10.9 Å². The lowest BCUT2D eigenvalue weighted by Crippen LogP contribution is -2.19. The van der Waals surface area contributed by atoms with Crippen molar-refractivity contribution in [2.24, 2.45) is 0 Å². The van der Waals surface area contributed by atoms with Crippen LogP contribution >= 0.6 is 11.6 Å². The molecule has 0 aliphatic heterocycles. The van der Waals surface area contributed by atoms with Crippen molar-refractivity contribution in [3.8, 4) is 0 Å². The van der Waals surface area contributed by atoms with Crippen molar-refractivity contribution >= 4 is 38.5 Å². The molecule has 0 aliphatic rings. The van der Waals surface area contributed by atoms with Crippen LogP contribution in [0, 0.1) is 6.92 Å². The van der Waals surface area contributed by atoms with Gasteiger partial charge in [0, 0.05) is 5.39 Å². The lowest BCUT2D eigenvalue weighted by Gasteiger charge is -2.11. The van der Waals surface area contributed by atoms with E-state index in [2.05, 4.69) is 0 Å². The molecule has 7 heteroatoms. The van der Waals surface area contributed by atoms with Crippen molar-refractivity contribution in [1.82, 2.24) is 3.97 Å². The van der Waals surface area contributed by atoms with E-state index in [9.17, 15) is 13.2 Å². The maximum Gasteiger partial charge on any atom is 0.355 e. The summed E-state index contributed by atoms with van der Waals surface area (Å²) in [6.45, 7) is 1.86. The number of carbonyl (C=O) groups is 1. The van der Waals surface area contributed by atoms with Crippen LogP contribution in [0.2, 0.25) is 5.02 Å². The van der Waals surface area contributed by atoms with Gasteiger partial charge in [-0.05, 0) is 37.3 Å². The number of hydrogen-bond acceptors (Lipinski definition) is 4. The number of carbonyl (C=O) groups excluding carboxylic acids is 1. The molecule has 0 bridgehead atoms. The first kappa shape index (κ1) is 16.5. The summed E-state index contributed by atoms with van der Waals surface area (Å²) in [6, 6.07) is 12.7. The molecule has 0 amide bonds. The fourth-order valence-corrected chi connectivity index (χ4v) is 4.21. The number of fused-ring (bicyclic) bond motifs is 1. The van der Waals surface area contributed by atoms with Crippen molar-refractivity contribution in [1.29, 1.82) is 0 Å². The maximum atomic E-state index is 13.1. The zero-order valence-corrected chi connectivity index (χ0v) is 14.6. The number of ether oxygens (including phenoxy) is 1. The molecule has 1 aromatic heterocycles. The largest absolute Gasteiger partial charge is 0.464 e. The molecular weight excluding hydrogens is 350 g/mol. The van der Waals surface area contributed by atoms with Gasteiger partial charge in [-0.25, -0.2) is 17.2 Å². The number of esters is 1. The van der Waals surface area contributed by atoms with E-state index < -0.39 is 16.0 Å². The second-order valence-corrected chi connectivity index (χ2v) is 7.47. The molecule has 0 atom stereocenters. The van der Waals surface area contributed by atoms with Crippen LogP contribution in [-0.4, -0.2) is 25.5 Å². The first-order chi connectivity index (χ1) is 11.4. The minimum atomic E-state index is -3.98. The van der Waals surface area contributed by atoms with Crippen molar-refractivity contribution < 1.29 is 17.9 Å². The number of nitrogens with zero attached hydrogens (tertiary/aromatic N) is 1. The molecule has 5 nitrogen and oxygen atoms in total. The molecule has 0 spiro atoms. The van der Waals surface area contributed by atoms with Crippen LogP contribution in [0.15, 0.2) is 53.4 Å². The van der Waals surface area contributed by atoms with E-state index in [1.807, 2.05) is 6.92 Å². The lowest BCUT2D eigenvalue weighted by molar-refractivity contribution is 0.0593. The summed E-state index contributed by atoms with van der Waals surface area (Å²) >= 11 is 6.15. The molecule has 0 unspecified atom stereocenters. The lowest BCUT2D eigenvalue weighted by atomic mass is 10.2. The van der Waals surface area contributed by atoms with Crippen molar-refractivity contribution in [2.75, 3.05) is 7.11 Å². The third kappa shape index (κ3) is 2.57. The Kier molecular flexibility index (Phi) is 4.11. The van der Waals surface area contributed by atoms with Gasteiger partial charge in [0.15, 0.2) is 0 Å². The predicted octanol–water partition coefficient (Wildman–Crippen LogP) is 3.63. The minimum Gasteiger partial charge on any atom is -0.464 e. The Bertz CT molecular complexity index is 1040. The molecule has 0 aliphatic carbocycles. The molecule has 3 rings (SSSR count). The Morgan fingerprint density at radius 1 is 1.12 bits per heavy atom. The predicted molar refractivity (Wildman–Crippen MR) is 92.1 cm³/mol. The number of hydrogen-bond donors (Lipinski definition) is 0. The third-order valence-corrected chi connectivity index (χ3v) is 5.77. The van der Waals surface area contributed by atoms with Crippen LogP contribution < -0.4 is 0 Å². The molecule has 0 saturated carbocycles. The number of aryl methyl sites for hydroxylation is 1. The molecule has 124 valence electrons. The standard InChI is InChI=1S/C17H14ClNO4S/c1-11-6-8-12(9-7-11)24(21,22)19-15-5-3-4-14(18)13(15)10-16(19)17(20)23-2/h3-10H,1-2H3. The molecule has 0 fully saturated rings.